The Morgan fingerprint density at radius 3 is 2.56 bits per heavy atom. The zero-order chi connectivity index (χ0) is 27.8. The molecule has 0 bridgehead atoms. The van der Waals surface area contributed by atoms with E-state index in [9.17, 15) is 27.9 Å². The Balaban J connectivity index is 1.40. The number of aromatic nitrogens is 2. The van der Waals surface area contributed by atoms with Crippen LogP contribution in [0.3, 0.4) is 0 Å². The number of rotatable bonds is 11. The molecule has 2 N–H and O–H groups in total. The van der Waals surface area contributed by atoms with Crippen LogP contribution in [0.25, 0.3) is 11.1 Å². The normalized spacial score (nSPS) is 14.8. The van der Waals surface area contributed by atoms with Crippen molar-refractivity contribution in [2.75, 3.05) is 6.54 Å². The van der Waals surface area contributed by atoms with Gasteiger partial charge in [-0.2, -0.15) is 18.3 Å². The topological polar surface area (TPSA) is 93.5 Å². The van der Waals surface area contributed by atoms with Crippen LogP contribution in [0.2, 0.25) is 0 Å². The third kappa shape index (κ3) is 7.59. The van der Waals surface area contributed by atoms with Gasteiger partial charge in [0.15, 0.2) is 5.69 Å². The van der Waals surface area contributed by atoms with E-state index in [1.807, 2.05) is 12.2 Å². The van der Waals surface area contributed by atoms with E-state index in [1.54, 1.807) is 24.3 Å². The lowest BCUT2D eigenvalue weighted by molar-refractivity contribution is -0.137. The van der Waals surface area contributed by atoms with Gasteiger partial charge in [0.2, 0.25) is 11.8 Å². The van der Waals surface area contributed by atoms with E-state index in [0.717, 1.165) is 31.4 Å². The van der Waals surface area contributed by atoms with Crippen LogP contribution in [-0.2, 0) is 24.1 Å². The number of nitrogens with zero attached hydrogens (tertiary/aromatic N) is 2. The zero-order valence-corrected chi connectivity index (χ0v) is 21.0. The second-order valence-electron chi connectivity index (χ2n) is 9.15. The molecule has 0 fully saturated rings. The fourth-order valence-corrected chi connectivity index (χ4v) is 4.28. The molecule has 0 saturated carbocycles. The Bertz CT molecular complexity index is 1360. The number of hydrogen-bond acceptors (Lipinski definition) is 4. The predicted molar refractivity (Wildman–Crippen MR) is 139 cm³/mol. The number of ether oxygens (including phenoxy) is 1. The van der Waals surface area contributed by atoms with Gasteiger partial charge in [0, 0.05) is 12.6 Å². The van der Waals surface area contributed by atoms with Crippen LogP contribution in [0.5, 0.6) is 5.88 Å². The fourth-order valence-electron chi connectivity index (χ4n) is 4.28. The van der Waals surface area contributed by atoms with Crippen molar-refractivity contribution in [1.29, 1.82) is 0 Å². The number of allylic oxidation sites excluding steroid dienone is 4. The Kier molecular flexibility index (Phi) is 8.85. The predicted octanol–water partition coefficient (Wildman–Crippen LogP) is 5.87. The molecule has 7 nitrogen and oxygen atoms in total. The van der Waals surface area contributed by atoms with Crippen LogP contribution in [-0.4, -0.2) is 33.3 Å². The molecule has 1 unspecified atom stereocenters. The van der Waals surface area contributed by atoms with Crippen LogP contribution in [0.4, 0.5) is 13.2 Å². The number of halogens is 3. The van der Waals surface area contributed by atoms with Crippen LogP contribution < -0.4 is 10.1 Å². The number of carboxylic acids is 1. The van der Waals surface area contributed by atoms with Gasteiger partial charge in [-0.3, -0.25) is 4.79 Å². The van der Waals surface area contributed by atoms with Gasteiger partial charge in [0.1, 0.15) is 13.2 Å². The summed E-state index contributed by atoms with van der Waals surface area (Å²) in [5, 5.41) is 16.2. The second kappa shape index (κ2) is 12.5. The summed E-state index contributed by atoms with van der Waals surface area (Å²) >= 11 is 0. The lowest BCUT2D eigenvalue weighted by atomic mass is 9.96. The standard InChI is InChI=1S/C29H28F3N3O4/c30-29(31,32)23-14-12-21(13-15-23)24-11-5-4-10-22(24)19-39-27-17-25(28(37)38)34-35(27)18-26(36)33-16-6-9-20-7-2-1-3-8-20/h1-5,7,10-15,17,20H,6,8-9,16,18-19H2,(H,33,36)(H,37,38). The Labute approximate surface area is 223 Å². The number of nitrogens with one attached hydrogen (secondary N) is 1. The fraction of sp³-hybridized carbons (Fsp3) is 0.276. The molecule has 1 aromatic heterocycles. The molecule has 0 radical (unpaired) electrons. The summed E-state index contributed by atoms with van der Waals surface area (Å²) in [6, 6.07) is 13.1. The van der Waals surface area contributed by atoms with Gasteiger partial charge >= 0.3 is 12.1 Å². The molecule has 2 aromatic carbocycles. The first kappa shape index (κ1) is 27.7. The number of alkyl halides is 3. The largest absolute Gasteiger partial charge is 0.476 e. The highest BCUT2D eigenvalue weighted by Gasteiger charge is 2.30. The highest BCUT2D eigenvalue weighted by Crippen LogP contribution is 2.32. The van der Waals surface area contributed by atoms with Gasteiger partial charge in [-0.25, -0.2) is 9.48 Å². The monoisotopic (exact) mass is 539 g/mol. The molecule has 4 rings (SSSR count). The average Bonchev–Trinajstić information content (AvgIpc) is 3.33. The van der Waals surface area contributed by atoms with E-state index < -0.39 is 17.7 Å². The van der Waals surface area contributed by atoms with Gasteiger partial charge in [-0.05, 0) is 54.0 Å². The maximum atomic E-state index is 13.0. The number of aromatic carboxylic acids is 1. The third-order valence-corrected chi connectivity index (χ3v) is 6.31. The van der Waals surface area contributed by atoms with Gasteiger partial charge in [-0.15, -0.1) is 0 Å². The van der Waals surface area contributed by atoms with Crippen molar-refractivity contribution in [2.24, 2.45) is 5.92 Å². The molecular formula is C29H28F3N3O4. The average molecular weight is 540 g/mol. The van der Waals surface area contributed by atoms with Gasteiger partial charge in [0.25, 0.3) is 0 Å². The van der Waals surface area contributed by atoms with Crippen molar-refractivity contribution in [3.63, 3.8) is 0 Å². The lowest BCUT2D eigenvalue weighted by Gasteiger charge is -2.14. The van der Waals surface area contributed by atoms with Crippen LogP contribution >= 0.6 is 0 Å². The maximum Gasteiger partial charge on any atom is 0.416 e. The molecule has 1 atom stereocenters. The summed E-state index contributed by atoms with van der Waals surface area (Å²) < 4.78 is 45.9. The molecule has 1 heterocycles. The van der Waals surface area contributed by atoms with E-state index in [2.05, 4.69) is 22.6 Å². The number of amides is 1. The number of carbonyl (C=O) groups excluding carboxylic acids is 1. The molecule has 39 heavy (non-hydrogen) atoms. The lowest BCUT2D eigenvalue weighted by Crippen LogP contribution is -2.29. The second-order valence-corrected chi connectivity index (χ2v) is 9.15. The van der Waals surface area contributed by atoms with E-state index in [0.29, 0.717) is 29.2 Å². The first-order valence-electron chi connectivity index (χ1n) is 12.5. The molecule has 0 spiro atoms. The third-order valence-electron chi connectivity index (χ3n) is 6.31. The van der Waals surface area contributed by atoms with Gasteiger partial charge in [0.05, 0.1) is 5.56 Å². The van der Waals surface area contributed by atoms with Crippen molar-refractivity contribution in [1.82, 2.24) is 15.1 Å². The Morgan fingerprint density at radius 2 is 1.87 bits per heavy atom. The number of carbonyl (C=O) groups is 2. The number of benzene rings is 2. The minimum atomic E-state index is -4.43. The van der Waals surface area contributed by atoms with Crippen LogP contribution in [0, 0.1) is 5.92 Å². The highest BCUT2D eigenvalue weighted by atomic mass is 19.4. The zero-order valence-electron chi connectivity index (χ0n) is 21.0. The molecule has 3 aromatic rings. The summed E-state index contributed by atoms with van der Waals surface area (Å²) in [6.07, 6.45) is 6.60. The maximum absolute atomic E-state index is 13.0. The molecule has 10 heteroatoms. The Morgan fingerprint density at radius 1 is 1.10 bits per heavy atom. The quantitative estimate of drug-likeness (QED) is 0.297. The van der Waals surface area contributed by atoms with Crippen LogP contribution in [0.1, 0.15) is 40.9 Å². The first-order chi connectivity index (χ1) is 18.7. The first-order valence-corrected chi connectivity index (χ1v) is 12.5. The van der Waals surface area contributed by atoms with Crippen molar-refractivity contribution in [2.45, 2.75) is 38.6 Å². The molecule has 1 aliphatic rings. The Hall–Kier alpha value is -4.34. The van der Waals surface area contributed by atoms with Gasteiger partial charge < -0.3 is 15.2 Å². The van der Waals surface area contributed by atoms with E-state index >= 15 is 0 Å². The summed E-state index contributed by atoms with van der Waals surface area (Å²) in [4.78, 5) is 24.0. The van der Waals surface area contributed by atoms with Crippen molar-refractivity contribution in [3.8, 4) is 17.0 Å². The summed E-state index contributed by atoms with van der Waals surface area (Å²) in [5.41, 5.74) is 0.882. The smallest absolute Gasteiger partial charge is 0.416 e. The molecule has 0 aliphatic heterocycles. The summed E-state index contributed by atoms with van der Waals surface area (Å²) in [5.74, 6) is -1.05. The van der Waals surface area contributed by atoms with Crippen molar-refractivity contribution in [3.05, 3.63) is 95.7 Å². The van der Waals surface area contributed by atoms with E-state index in [4.69, 9.17) is 4.74 Å². The number of carboxylic acid groups (broad SMARTS) is 1. The highest BCUT2D eigenvalue weighted by molar-refractivity contribution is 5.85. The van der Waals surface area contributed by atoms with Gasteiger partial charge in [-0.1, -0.05) is 60.7 Å². The van der Waals surface area contributed by atoms with Crippen molar-refractivity contribution >= 4 is 11.9 Å². The molecule has 204 valence electrons. The minimum Gasteiger partial charge on any atom is -0.476 e. The minimum absolute atomic E-state index is 0.0209. The summed E-state index contributed by atoms with van der Waals surface area (Å²) in [7, 11) is 0. The van der Waals surface area contributed by atoms with Crippen molar-refractivity contribution < 1.29 is 32.6 Å². The molecule has 0 saturated heterocycles. The van der Waals surface area contributed by atoms with E-state index in [-0.39, 0.29) is 30.6 Å². The molecule has 1 aliphatic carbocycles. The molecule has 1 amide bonds. The van der Waals surface area contributed by atoms with Crippen LogP contribution in [0.15, 0.2) is 78.9 Å². The van der Waals surface area contributed by atoms with E-state index in [1.165, 1.54) is 22.9 Å². The number of hydrogen-bond donors (Lipinski definition) is 2. The molecular weight excluding hydrogens is 511 g/mol. The summed E-state index contributed by atoms with van der Waals surface area (Å²) in [6.45, 7) is 0.235. The SMILES string of the molecule is O=C(Cn1nc(C(=O)O)cc1OCc1ccccc1-c1ccc(C(F)(F)F)cc1)NCCCC1C=CC=CC1.